The molecule has 2 aliphatic rings. The molecule has 6 nitrogen and oxygen atoms in total. The first-order valence-corrected chi connectivity index (χ1v) is 10.0. The molecule has 2 fully saturated rings. The second kappa shape index (κ2) is 8.07. The molecule has 0 aromatic heterocycles. The summed E-state index contributed by atoms with van der Waals surface area (Å²) in [6, 6.07) is 17.1. The van der Waals surface area contributed by atoms with Crippen molar-refractivity contribution in [1.82, 2.24) is 10.2 Å². The molecule has 0 radical (unpaired) electrons. The standard InChI is InChI=1S/C23H25N3O3/c1-25(14-16-7-9-17(10-8-16)22(28)24-19-11-12-19)23(29)18-13-21(27)26(15-18)20-5-3-2-4-6-20/h2-10,18-19H,11-15H2,1H3,(H,24,28). The van der Waals surface area contributed by atoms with E-state index in [0.29, 0.717) is 24.7 Å². The third kappa shape index (κ3) is 4.47. The van der Waals surface area contributed by atoms with E-state index in [9.17, 15) is 14.4 Å². The van der Waals surface area contributed by atoms with Crippen LogP contribution in [0.1, 0.15) is 35.2 Å². The highest BCUT2D eigenvalue weighted by atomic mass is 16.2. The summed E-state index contributed by atoms with van der Waals surface area (Å²) in [5.41, 5.74) is 2.41. The molecule has 1 aliphatic carbocycles. The van der Waals surface area contributed by atoms with Crippen molar-refractivity contribution in [2.45, 2.75) is 31.8 Å². The van der Waals surface area contributed by atoms with Crippen LogP contribution in [0.2, 0.25) is 0 Å². The first-order valence-electron chi connectivity index (χ1n) is 10.0. The van der Waals surface area contributed by atoms with E-state index in [2.05, 4.69) is 5.32 Å². The van der Waals surface area contributed by atoms with E-state index in [4.69, 9.17) is 0 Å². The fourth-order valence-corrected chi connectivity index (χ4v) is 3.65. The number of rotatable bonds is 6. The highest BCUT2D eigenvalue weighted by Gasteiger charge is 2.36. The minimum absolute atomic E-state index is 0.0195. The van der Waals surface area contributed by atoms with Crippen molar-refractivity contribution in [3.63, 3.8) is 0 Å². The maximum absolute atomic E-state index is 12.9. The SMILES string of the molecule is CN(Cc1ccc(C(=O)NC2CC2)cc1)C(=O)C1CC(=O)N(c2ccccc2)C1. The summed E-state index contributed by atoms with van der Waals surface area (Å²) >= 11 is 0. The van der Waals surface area contributed by atoms with Gasteiger partial charge < -0.3 is 15.1 Å². The van der Waals surface area contributed by atoms with Gasteiger partial charge in [0, 0.05) is 43.9 Å². The highest BCUT2D eigenvalue weighted by Crippen LogP contribution is 2.26. The summed E-state index contributed by atoms with van der Waals surface area (Å²) in [5, 5.41) is 2.97. The summed E-state index contributed by atoms with van der Waals surface area (Å²) in [7, 11) is 1.76. The molecule has 3 amide bonds. The number of hydrogen-bond acceptors (Lipinski definition) is 3. The fraction of sp³-hybridized carbons (Fsp3) is 0.348. The lowest BCUT2D eigenvalue weighted by molar-refractivity contribution is -0.135. The molecular formula is C23H25N3O3. The van der Waals surface area contributed by atoms with Crippen molar-refractivity contribution in [3.05, 3.63) is 65.7 Å². The molecule has 1 heterocycles. The highest BCUT2D eigenvalue weighted by molar-refractivity contribution is 6.00. The lowest BCUT2D eigenvalue weighted by Gasteiger charge is -2.21. The monoisotopic (exact) mass is 391 g/mol. The number of carbonyl (C=O) groups excluding carboxylic acids is 3. The van der Waals surface area contributed by atoms with Crippen molar-refractivity contribution < 1.29 is 14.4 Å². The van der Waals surface area contributed by atoms with Crippen LogP contribution in [-0.2, 0) is 16.1 Å². The predicted octanol–water partition coefficient (Wildman–Crippen LogP) is 2.59. The average molecular weight is 391 g/mol. The molecule has 2 aromatic rings. The third-order valence-electron chi connectivity index (χ3n) is 5.47. The molecule has 2 aromatic carbocycles. The third-order valence-corrected chi connectivity index (χ3v) is 5.47. The Labute approximate surface area is 170 Å². The molecule has 1 aliphatic heterocycles. The zero-order chi connectivity index (χ0) is 20.4. The Kier molecular flexibility index (Phi) is 5.34. The first-order chi connectivity index (χ1) is 14.0. The molecular weight excluding hydrogens is 366 g/mol. The smallest absolute Gasteiger partial charge is 0.251 e. The lowest BCUT2D eigenvalue weighted by Crippen LogP contribution is -2.34. The summed E-state index contributed by atoms with van der Waals surface area (Å²) in [4.78, 5) is 40.6. The van der Waals surface area contributed by atoms with E-state index in [1.165, 1.54) is 0 Å². The van der Waals surface area contributed by atoms with Crippen LogP contribution in [-0.4, -0.2) is 42.3 Å². The predicted molar refractivity (Wildman–Crippen MR) is 110 cm³/mol. The van der Waals surface area contributed by atoms with Crippen LogP contribution < -0.4 is 10.2 Å². The molecule has 150 valence electrons. The summed E-state index contributed by atoms with van der Waals surface area (Å²) < 4.78 is 0. The molecule has 1 atom stereocenters. The average Bonchev–Trinajstić information content (AvgIpc) is 3.47. The molecule has 1 unspecified atom stereocenters. The Bertz CT molecular complexity index is 907. The molecule has 4 rings (SSSR count). The van der Waals surface area contributed by atoms with E-state index in [1.807, 2.05) is 42.5 Å². The Morgan fingerprint density at radius 3 is 2.41 bits per heavy atom. The Morgan fingerprint density at radius 1 is 1.07 bits per heavy atom. The summed E-state index contributed by atoms with van der Waals surface area (Å²) in [6.45, 7) is 0.853. The minimum Gasteiger partial charge on any atom is -0.349 e. The number of nitrogens with zero attached hydrogens (tertiary/aromatic N) is 2. The number of hydrogen-bond donors (Lipinski definition) is 1. The van der Waals surface area contributed by atoms with E-state index < -0.39 is 0 Å². The van der Waals surface area contributed by atoms with Crippen LogP contribution >= 0.6 is 0 Å². The van der Waals surface area contributed by atoms with E-state index in [0.717, 1.165) is 24.1 Å². The zero-order valence-corrected chi connectivity index (χ0v) is 16.5. The molecule has 1 saturated carbocycles. The lowest BCUT2D eigenvalue weighted by atomic mass is 10.1. The Morgan fingerprint density at radius 2 is 1.76 bits per heavy atom. The molecule has 29 heavy (non-hydrogen) atoms. The van der Waals surface area contributed by atoms with Gasteiger partial charge in [0.25, 0.3) is 5.91 Å². The van der Waals surface area contributed by atoms with Crippen LogP contribution in [0, 0.1) is 5.92 Å². The quantitative estimate of drug-likeness (QED) is 0.823. The maximum atomic E-state index is 12.9. The van der Waals surface area contributed by atoms with Gasteiger partial charge in [0.05, 0.1) is 5.92 Å². The van der Waals surface area contributed by atoms with Crippen LogP contribution in [0.15, 0.2) is 54.6 Å². The van der Waals surface area contributed by atoms with Gasteiger partial charge in [-0.2, -0.15) is 0 Å². The molecule has 1 N–H and O–H groups in total. The van der Waals surface area contributed by atoms with Crippen LogP contribution in [0.25, 0.3) is 0 Å². The van der Waals surface area contributed by atoms with Gasteiger partial charge in [0.15, 0.2) is 0 Å². The number of benzene rings is 2. The summed E-state index contributed by atoms with van der Waals surface area (Å²) in [5.74, 6) is -0.438. The van der Waals surface area contributed by atoms with Crippen LogP contribution in [0.3, 0.4) is 0 Å². The van der Waals surface area contributed by atoms with Gasteiger partial charge in [-0.1, -0.05) is 30.3 Å². The number of para-hydroxylation sites is 1. The number of anilines is 1. The molecule has 0 bridgehead atoms. The zero-order valence-electron chi connectivity index (χ0n) is 16.5. The van der Waals surface area contributed by atoms with Crippen molar-refractivity contribution in [3.8, 4) is 0 Å². The van der Waals surface area contributed by atoms with E-state index in [1.54, 1.807) is 29.0 Å². The number of carbonyl (C=O) groups is 3. The maximum Gasteiger partial charge on any atom is 0.251 e. The van der Waals surface area contributed by atoms with Crippen molar-refractivity contribution in [1.29, 1.82) is 0 Å². The first kappa shape index (κ1) is 19.2. The van der Waals surface area contributed by atoms with Gasteiger partial charge in [0.2, 0.25) is 11.8 Å². The number of nitrogens with one attached hydrogen (secondary N) is 1. The summed E-state index contributed by atoms with van der Waals surface area (Å²) in [6.07, 6.45) is 2.35. The molecule has 6 heteroatoms. The van der Waals surface area contributed by atoms with Crippen LogP contribution in [0.4, 0.5) is 5.69 Å². The fourth-order valence-electron chi connectivity index (χ4n) is 3.65. The molecule has 0 spiro atoms. The van der Waals surface area contributed by atoms with E-state index in [-0.39, 0.29) is 30.1 Å². The normalized spacial score (nSPS) is 18.6. The second-order valence-electron chi connectivity index (χ2n) is 7.88. The van der Waals surface area contributed by atoms with Gasteiger partial charge in [-0.15, -0.1) is 0 Å². The van der Waals surface area contributed by atoms with Crippen molar-refractivity contribution in [2.24, 2.45) is 5.92 Å². The minimum atomic E-state index is -0.337. The van der Waals surface area contributed by atoms with E-state index >= 15 is 0 Å². The van der Waals surface area contributed by atoms with Crippen molar-refractivity contribution >= 4 is 23.4 Å². The largest absolute Gasteiger partial charge is 0.349 e. The number of amides is 3. The topological polar surface area (TPSA) is 69.7 Å². The van der Waals surface area contributed by atoms with Gasteiger partial charge in [-0.3, -0.25) is 14.4 Å². The van der Waals surface area contributed by atoms with Crippen LogP contribution in [0.5, 0.6) is 0 Å². The van der Waals surface area contributed by atoms with Gasteiger partial charge in [-0.05, 0) is 42.7 Å². The van der Waals surface area contributed by atoms with Crippen molar-refractivity contribution in [2.75, 3.05) is 18.5 Å². The van der Waals surface area contributed by atoms with Gasteiger partial charge in [0.1, 0.15) is 0 Å². The van der Waals surface area contributed by atoms with Gasteiger partial charge in [-0.25, -0.2) is 0 Å². The molecule has 1 saturated heterocycles. The second-order valence-corrected chi connectivity index (χ2v) is 7.88. The Hall–Kier alpha value is -3.15. The van der Waals surface area contributed by atoms with Gasteiger partial charge >= 0.3 is 0 Å². The Balaban J connectivity index is 1.34.